The maximum absolute atomic E-state index is 11.8. The van der Waals surface area contributed by atoms with Crippen molar-refractivity contribution in [3.8, 4) is 11.1 Å². The number of hydrogen-bond donors (Lipinski definition) is 1. The van der Waals surface area contributed by atoms with Crippen molar-refractivity contribution in [3.63, 3.8) is 0 Å². The summed E-state index contributed by atoms with van der Waals surface area (Å²) in [7, 11) is 3.56. The SMILES string of the molecule is CN(C)C(=O)CNC1c2ccccc2-c2ccccc21. The number of carbonyl (C=O) groups is 1. The number of fused-ring (bicyclic) bond motifs is 3. The molecule has 0 bridgehead atoms. The van der Waals surface area contributed by atoms with Crippen LogP contribution in [0.1, 0.15) is 17.2 Å². The predicted octanol–water partition coefficient (Wildman–Crippen LogP) is 2.43. The van der Waals surface area contributed by atoms with Crippen LogP contribution in [0.3, 0.4) is 0 Å². The first-order valence-electron chi connectivity index (χ1n) is 6.80. The molecule has 0 spiro atoms. The molecular formula is C17H18N2O. The van der Waals surface area contributed by atoms with Gasteiger partial charge in [-0.25, -0.2) is 0 Å². The Balaban J connectivity index is 1.93. The van der Waals surface area contributed by atoms with Crippen LogP contribution < -0.4 is 5.32 Å². The van der Waals surface area contributed by atoms with Crippen molar-refractivity contribution in [2.45, 2.75) is 6.04 Å². The summed E-state index contributed by atoms with van der Waals surface area (Å²) in [6, 6.07) is 16.9. The number of nitrogens with zero attached hydrogens (tertiary/aromatic N) is 1. The minimum Gasteiger partial charge on any atom is -0.348 e. The van der Waals surface area contributed by atoms with Crippen LogP contribution in [0.15, 0.2) is 48.5 Å². The average Bonchev–Trinajstić information content (AvgIpc) is 2.79. The van der Waals surface area contributed by atoms with E-state index >= 15 is 0 Å². The van der Waals surface area contributed by atoms with Crippen molar-refractivity contribution < 1.29 is 4.79 Å². The van der Waals surface area contributed by atoms with Crippen molar-refractivity contribution in [2.24, 2.45) is 0 Å². The van der Waals surface area contributed by atoms with E-state index < -0.39 is 0 Å². The van der Waals surface area contributed by atoms with Gasteiger partial charge in [-0.05, 0) is 22.3 Å². The van der Waals surface area contributed by atoms with Gasteiger partial charge in [-0.2, -0.15) is 0 Å². The van der Waals surface area contributed by atoms with Gasteiger partial charge in [-0.1, -0.05) is 48.5 Å². The second-order valence-electron chi connectivity index (χ2n) is 5.28. The molecule has 0 radical (unpaired) electrons. The molecular weight excluding hydrogens is 248 g/mol. The molecule has 2 aromatic rings. The van der Waals surface area contributed by atoms with Crippen molar-refractivity contribution in [3.05, 3.63) is 59.7 Å². The van der Waals surface area contributed by atoms with Crippen LogP contribution in [0.4, 0.5) is 0 Å². The van der Waals surface area contributed by atoms with Crippen LogP contribution in [0.25, 0.3) is 11.1 Å². The van der Waals surface area contributed by atoms with Crippen molar-refractivity contribution >= 4 is 5.91 Å². The maximum Gasteiger partial charge on any atom is 0.236 e. The fourth-order valence-electron chi connectivity index (χ4n) is 2.72. The molecule has 0 heterocycles. The molecule has 1 N–H and O–H groups in total. The van der Waals surface area contributed by atoms with Gasteiger partial charge in [0.05, 0.1) is 12.6 Å². The number of amides is 1. The maximum atomic E-state index is 11.8. The van der Waals surface area contributed by atoms with E-state index in [1.165, 1.54) is 22.3 Å². The van der Waals surface area contributed by atoms with Gasteiger partial charge in [0, 0.05) is 14.1 Å². The third-order valence-corrected chi connectivity index (χ3v) is 3.79. The Labute approximate surface area is 119 Å². The Hall–Kier alpha value is -2.13. The van der Waals surface area contributed by atoms with Gasteiger partial charge in [0.1, 0.15) is 0 Å². The lowest BCUT2D eigenvalue weighted by Gasteiger charge is -2.17. The van der Waals surface area contributed by atoms with Crippen molar-refractivity contribution in [1.82, 2.24) is 10.2 Å². The summed E-state index contributed by atoms with van der Waals surface area (Å²) in [5.74, 6) is 0.0897. The summed E-state index contributed by atoms with van der Waals surface area (Å²) in [5.41, 5.74) is 5.02. The van der Waals surface area contributed by atoms with E-state index in [0.717, 1.165) is 0 Å². The number of hydrogen-bond acceptors (Lipinski definition) is 2. The largest absolute Gasteiger partial charge is 0.348 e. The Morgan fingerprint density at radius 1 is 1.00 bits per heavy atom. The van der Waals surface area contributed by atoms with Crippen LogP contribution in [-0.2, 0) is 4.79 Å². The van der Waals surface area contributed by atoms with Gasteiger partial charge in [0.25, 0.3) is 0 Å². The van der Waals surface area contributed by atoms with Gasteiger partial charge in [0.2, 0.25) is 5.91 Å². The zero-order valence-corrected chi connectivity index (χ0v) is 11.8. The van der Waals surface area contributed by atoms with E-state index in [0.29, 0.717) is 6.54 Å². The molecule has 0 saturated carbocycles. The smallest absolute Gasteiger partial charge is 0.236 e. The highest BCUT2D eigenvalue weighted by molar-refractivity contribution is 5.80. The molecule has 3 heteroatoms. The van der Waals surface area contributed by atoms with Gasteiger partial charge >= 0.3 is 0 Å². The summed E-state index contributed by atoms with van der Waals surface area (Å²) < 4.78 is 0. The molecule has 3 nitrogen and oxygen atoms in total. The van der Waals surface area contributed by atoms with Crippen LogP contribution >= 0.6 is 0 Å². The molecule has 0 atom stereocenters. The minimum atomic E-state index is 0.0897. The molecule has 0 unspecified atom stereocenters. The van der Waals surface area contributed by atoms with Crippen molar-refractivity contribution in [2.75, 3.05) is 20.6 Å². The molecule has 0 aromatic heterocycles. The van der Waals surface area contributed by atoms with E-state index in [1.54, 1.807) is 19.0 Å². The molecule has 2 aromatic carbocycles. The summed E-state index contributed by atoms with van der Waals surface area (Å²) in [5, 5.41) is 3.38. The Kier molecular flexibility index (Phi) is 3.28. The van der Waals surface area contributed by atoms with E-state index in [1.807, 2.05) is 12.1 Å². The average molecular weight is 266 g/mol. The van der Waals surface area contributed by atoms with E-state index in [9.17, 15) is 4.79 Å². The Bertz CT molecular complexity index is 603. The molecule has 0 fully saturated rings. The highest BCUT2D eigenvalue weighted by Crippen LogP contribution is 2.42. The van der Waals surface area contributed by atoms with Crippen molar-refractivity contribution in [1.29, 1.82) is 0 Å². The van der Waals surface area contributed by atoms with Gasteiger partial charge in [0.15, 0.2) is 0 Å². The minimum absolute atomic E-state index is 0.0897. The van der Waals surface area contributed by atoms with Crippen LogP contribution in [-0.4, -0.2) is 31.4 Å². The zero-order valence-electron chi connectivity index (χ0n) is 11.8. The lowest BCUT2D eigenvalue weighted by Crippen LogP contribution is -2.34. The number of nitrogens with one attached hydrogen (secondary N) is 1. The molecule has 0 saturated heterocycles. The van der Waals surface area contributed by atoms with Gasteiger partial charge in [-0.3, -0.25) is 10.1 Å². The molecule has 1 amide bonds. The summed E-state index contributed by atoms with van der Waals surface area (Å²) in [4.78, 5) is 13.4. The number of rotatable bonds is 3. The number of likely N-dealkylation sites (N-methyl/N-ethyl adjacent to an activating group) is 1. The molecule has 3 rings (SSSR count). The zero-order chi connectivity index (χ0) is 14.1. The third kappa shape index (κ3) is 2.10. The Morgan fingerprint density at radius 2 is 1.50 bits per heavy atom. The van der Waals surface area contributed by atoms with Crippen LogP contribution in [0.5, 0.6) is 0 Å². The first-order chi connectivity index (χ1) is 9.68. The molecule has 1 aliphatic rings. The standard InChI is InChI=1S/C17H18N2O/c1-19(2)16(20)11-18-17-14-9-5-3-7-12(14)13-8-4-6-10-15(13)17/h3-10,17-18H,11H2,1-2H3. The van der Waals surface area contributed by atoms with E-state index in [4.69, 9.17) is 0 Å². The Morgan fingerprint density at radius 3 is 2.00 bits per heavy atom. The lowest BCUT2D eigenvalue weighted by molar-refractivity contribution is -0.127. The predicted molar refractivity (Wildman–Crippen MR) is 80.4 cm³/mol. The third-order valence-electron chi connectivity index (χ3n) is 3.79. The second-order valence-corrected chi connectivity index (χ2v) is 5.28. The van der Waals surface area contributed by atoms with E-state index in [-0.39, 0.29) is 11.9 Å². The molecule has 102 valence electrons. The monoisotopic (exact) mass is 266 g/mol. The highest BCUT2D eigenvalue weighted by atomic mass is 16.2. The normalized spacial score (nSPS) is 12.9. The lowest BCUT2D eigenvalue weighted by atomic mass is 10.1. The highest BCUT2D eigenvalue weighted by Gasteiger charge is 2.27. The summed E-state index contributed by atoms with van der Waals surface area (Å²) in [6.45, 7) is 0.348. The van der Waals surface area contributed by atoms with Crippen LogP contribution in [0, 0.1) is 0 Å². The molecule has 20 heavy (non-hydrogen) atoms. The van der Waals surface area contributed by atoms with Gasteiger partial charge < -0.3 is 4.90 Å². The van der Waals surface area contributed by atoms with E-state index in [2.05, 4.69) is 41.7 Å². The molecule has 1 aliphatic carbocycles. The van der Waals surface area contributed by atoms with Gasteiger partial charge in [-0.15, -0.1) is 0 Å². The van der Waals surface area contributed by atoms with Crippen LogP contribution in [0.2, 0.25) is 0 Å². The summed E-state index contributed by atoms with van der Waals surface area (Å²) >= 11 is 0. The molecule has 0 aliphatic heterocycles. The second kappa shape index (κ2) is 5.10. The first-order valence-corrected chi connectivity index (χ1v) is 6.80. The topological polar surface area (TPSA) is 32.3 Å². The number of carbonyl (C=O) groups excluding carboxylic acids is 1. The fourth-order valence-corrected chi connectivity index (χ4v) is 2.72. The first kappa shape index (κ1) is 12.9. The number of benzene rings is 2. The quantitative estimate of drug-likeness (QED) is 0.925. The summed E-state index contributed by atoms with van der Waals surface area (Å²) in [6.07, 6.45) is 0. The fraction of sp³-hybridized carbons (Fsp3) is 0.235.